The van der Waals surface area contributed by atoms with Crippen molar-refractivity contribution >= 4 is 11.8 Å². The number of likely N-dealkylation sites (tertiary alicyclic amines) is 1. The normalized spacial score (nSPS) is 21.8. The van der Waals surface area contributed by atoms with Crippen molar-refractivity contribution in [1.29, 1.82) is 0 Å². The molecule has 1 saturated carbocycles. The molecule has 22 heavy (non-hydrogen) atoms. The lowest BCUT2D eigenvalue weighted by Gasteiger charge is -2.36. The first-order valence-corrected chi connectivity index (χ1v) is 8.82. The molecule has 1 atom stereocenters. The molecule has 0 aromatic heterocycles. The molecule has 1 saturated heterocycles. The second-order valence-corrected chi connectivity index (χ2v) is 6.88. The highest BCUT2D eigenvalue weighted by Gasteiger charge is 2.35. The Labute approximate surface area is 134 Å². The van der Waals surface area contributed by atoms with Crippen LogP contribution in [-0.2, 0) is 9.59 Å². The molecule has 2 amide bonds. The smallest absolute Gasteiger partial charge is 0.245 e. The molecule has 0 aromatic carbocycles. The Morgan fingerprint density at radius 2 is 1.77 bits per heavy atom. The lowest BCUT2D eigenvalue weighted by molar-refractivity contribution is -0.138. The molecule has 0 spiro atoms. The summed E-state index contributed by atoms with van der Waals surface area (Å²) in [5.74, 6) is 1.11. The average Bonchev–Trinajstić information content (AvgIpc) is 3.04. The van der Waals surface area contributed by atoms with Crippen LogP contribution in [0.4, 0.5) is 0 Å². The van der Waals surface area contributed by atoms with E-state index < -0.39 is 0 Å². The van der Waals surface area contributed by atoms with Crippen molar-refractivity contribution in [3.63, 3.8) is 0 Å². The summed E-state index contributed by atoms with van der Waals surface area (Å²) >= 11 is 0. The van der Waals surface area contributed by atoms with Crippen LogP contribution in [0.2, 0.25) is 0 Å². The quantitative estimate of drug-likeness (QED) is 0.782. The highest BCUT2D eigenvalue weighted by Crippen LogP contribution is 2.29. The van der Waals surface area contributed by atoms with Gasteiger partial charge in [-0.2, -0.15) is 0 Å². The summed E-state index contributed by atoms with van der Waals surface area (Å²) < 4.78 is 0. The molecular weight excluding hydrogens is 278 g/mol. The van der Waals surface area contributed by atoms with E-state index in [0.717, 1.165) is 51.2 Å². The van der Waals surface area contributed by atoms with Gasteiger partial charge in [-0.25, -0.2) is 0 Å². The van der Waals surface area contributed by atoms with Crippen LogP contribution < -0.4 is 10.6 Å². The van der Waals surface area contributed by atoms with Crippen LogP contribution in [0.25, 0.3) is 0 Å². The summed E-state index contributed by atoms with van der Waals surface area (Å²) in [6, 6.07) is -0.297. The first-order valence-electron chi connectivity index (χ1n) is 8.82. The Morgan fingerprint density at radius 1 is 1.14 bits per heavy atom. The second-order valence-electron chi connectivity index (χ2n) is 6.88. The van der Waals surface area contributed by atoms with Crippen molar-refractivity contribution < 1.29 is 9.59 Å². The van der Waals surface area contributed by atoms with Crippen LogP contribution in [0, 0.1) is 11.8 Å². The van der Waals surface area contributed by atoms with Crippen molar-refractivity contribution in [3.05, 3.63) is 0 Å². The summed E-state index contributed by atoms with van der Waals surface area (Å²) in [6.07, 6.45) is 7.86. The number of carbonyl (C=O) groups is 2. The Hall–Kier alpha value is -1.10. The fourth-order valence-corrected chi connectivity index (χ4v) is 3.88. The number of hydrogen-bond donors (Lipinski definition) is 2. The van der Waals surface area contributed by atoms with E-state index >= 15 is 0 Å². The maximum atomic E-state index is 12.8. The lowest BCUT2D eigenvalue weighted by atomic mass is 9.91. The van der Waals surface area contributed by atoms with Gasteiger partial charge in [0, 0.05) is 20.0 Å². The topological polar surface area (TPSA) is 61.4 Å². The molecule has 1 unspecified atom stereocenters. The molecule has 126 valence electrons. The van der Waals surface area contributed by atoms with Gasteiger partial charge in [-0.3, -0.25) is 9.59 Å². The minimum absolute atomic E-state index is 0.0887. The lowest BCUT2D eigenvalue weighted by Crippen LogP contribution is -2.53. The van der Waals surface area contributed by atoms with Gasteiger partial charge in [0.1, 0.15) is 6.04 Å². The number of rotatable bonds is 6. The second kappa shape index (κ2) is 8.51. The van der Waals surface area contributed by atoms with Crippen LogP contribution in [0.15, 0.2) is 0 Å². The zero-order chi connectivity index (χ0) is 15.9. The molecule has 2 N–H and O–H groups in total. The standard InChI is InChI=1S/C17H31N3O2/c1-13(21)19-16(15-5-3-4-6-15)17(22)20-11-8-14(9-12-20)7-10-18-2/h14-16,18H,3-12H2,1-2H3,(H,19,21). The van der Waals surface area contributed by atoms with Crippen molar-refractivity contribution in [3.8, 4) is 0 Å². The van der Waals surface area contributed by atoms with E-state index in [1.807, 2.05) is 11.9 Å². The molecule has 1 heterocycles. The van der Waals surface area contributed by atoms with Crippen LogP contribution in [0.1, 0.15) is 51.9 Å². The SMILES string of the molecule is CNCCC1CCN(C(=O)C(NC(C)=O)C2CCCC2)CC1. The van der Waals surface area contributed by atoms with Gasteiger partial charge in [-0.15, -0.1) is 0 Å². The van der Waals surface area contributed by atoms with Gasteiger partial charge in [0.05, 0.1) is 0 Å². The summed E-state index contributed by atoms with van der Waals surface area (Å²) in [5.41, 5.74) is 0. The van der Waals surface area contributed by atoms with Crippen molar-refractivity contribution in [2.24, 2.45) is 11.8 Å². The number of piperidine rings is 1. The number of nitrogens with zero attached hydrogens (tertiary/aromatic N) is 1. The number of carbonyl (C=O) groups excluding carboxylic acids is 2. The molecule has 0 radical (unpaired) electrons. The molecule has 5 nitrogen and oxygen atoms in total. The summed E-state index contributed by atoms with van der Waals surface area (Å²) in [6.45, 7) is 4.25. The van der Waals surface area contributed by atoms with Gasteiger partial charge in [-0.1, -0.05) is 12.8 Å². The van der Waals surface area contributed by atoms with Gasteiger partial charge in [0.2, 0.25) is 11.8 Å². The van der Waals surface area contributed by atoms with Gasteiger partial charge in [0.25, 0.3) is 0 Å². The molecule has 1 aliphatic carbocycles. The third-order valence-corrected chi connectivity index (χ3v) is 5.22. The van der Waals surface area contributed by atoms with Crippen LogP contribution in [-0.4, -0.2) is 49.4 Å². The van der Waals surface area contributed by atoms with Gasteiger partial charge in [-0.05, 0) is 57.5 Å². The molecule has 1 aliphatic heterocycles. The molecule has 2 rings (SSSR count). The Bertz CT molecular complexity index is 372. The average molecular weight is 309 g/mol. The minimum Gasteiger partial charge on any atom is -0.344 e. The van der Waals surface area contributed by atoms with Gasteiger partial charge < -0.3 is 15.5 Å². The van der Waals surface area contributed by atoms with E-state index in [0.29, 0.717) is 5.92 Å². The van der Waals surface area contributed by atoms with Gasteiger partial charge >= 0.3 is 0 Å². The van der Waals surface area contributed by atoms with Crippen LogP contribution in [0.3, 0.4) is 0 Å². The van der Waals surface area contributed by atoms with Crippen LogP contribution in [0.5, 0.6) is 0 Å². The van der Waals surface area contributed by atoms with E-state index in [1.165, 1.54) is 26.2 Å². The Kier molecular flexibility index (Phi) is 6.68. The maximum absolute atomic E-state index is 12.8. The molecular formula is C17H31N3O2. The van der Waals surface area contributed by atoms with Crippen LogP contribution >= 0.6 is 0 Å². The molecule has 2 aliphatic rings. The third kappa shape index (κ3) is 4.70. The van der Waals surface area contributed by atoms with E-state index in [1.54, 1.807) is 0 Å². The van der Waals surface area contributed by atoms with Crippen molar-refractivity contribution in [2.45, 2.75) is 57.9 Å². The number of amides is 2. The summed E-state index contributed by atoms with van der Waals surface area (Å²) in [7, 11) is 1.98. The first-order chi connectivity index (χ1) is 10.6. The van der Waals surface area contributed by atoms with Gasteiger partial charge in [0.15, 0.2) is 0 Å². The fourth-order valence-electron chi connectivity index (χ4n) is 3.88. The largest absolute Gasteiger partial charge is 0.344 e. The maximum Gasteiger partial charge on any atom is 0.245 e. The predicted molar refractivity (Wildman–Crippen MR) is 87.4 cm³/mol. The van der Waals surface area contributed by atoms with Crippen molar-refractivity contribution in [2.75, 3.05) is 26.7 Å². The van der Waals surface area contributed by atoms with E-state index in [9.17, 15) is 9.59 Å². The third-order valence-electron chi connectivity index (χ3n) is 5.22. The summed E-state index contributed by atoms with van der Waals surface area (Å²) in [4.78, 5) is 26.3. The minimum atomic E-state index is -0.297. The zero-order valence-corrected chi connectivity index (χ0v) is 14.1. The van der Waals surface area contributed by atoms with E-state index in [-0.39, 0.29) is 17.9 Å². The summed E-state index contributed by atoms with van der Waals surface area (Å²) in [5, 5.41) is 6.12. The van der Waals surface area contributed by atoms with Crippen molar-refractivity contribution in [1.82, 2.24) is 15.5 Å². The fraction of sp³-hybridized carbons (Fsp3) is 0.882. The molecule has 2 fully saturated rings. The number of hydrogen-bond acceptors (Lipinski definition) is 3. The Balaban J connectivity index is 1.89. The highest BCUT2D eigenvalue weighted by molar-refractivity contribution is 5.87. The van der Waals surface area contributed by atoms with E-state index in [2.05, 4.69) is 10.6 Å². The number of nitrogens with one attached hydrogen (secondary N) is 2. The molecule has 5 heteroatoms. The monoisotopic (exact) mass is 309 g/mol. The molecule has 0 aromatic rings. The first kappa shape index (κ1) is 17.3. The predicted octanol–water partition coefficient (Wildman–Crippen LogP) is 1.53. The van der Waals surface area contributed by atoms with E-state index in [4.69, 9.17) is 0 Å². The zero-order valence-electron chi connectivity index (χ0n) is 14.1. The highest BCUT2D eigenvalue weighted by atomic mass is 16.2. The Morgan fingerprint density at radius 3 is 2.32 bits per heavy atom. The molecule has 0 bridgehead atoms.